The molecule has 0 spiro atoms. The number of amides is 1. The minimum atomic E-state index is -0.606. The molecule has 1 aromatic carbocycles. The number of nitrogens with one attached hydrogen (secondary N) is 1. The number of nitriles is 1. The molecule has 1 aliphatic rings. The van der Waals surface area contributed by atoms with Crippen molar-refractivity contribution in [3.63, 3.8) is 0 Å². The molecule has 29 heavy (non-hydrogen) atoms. The zero-order valence-corrected chi connectivity index (χ0v) is 18.7. The maximum Gasteiger partial charge on any atom is 0.492 e. The molecule has 2 rings (SSSR count). The summed E-state index contributed by atoms with van der Waals surface area (Å²) in [6, 6.07) is 7.62. The lowest BCUT2D eigenvalue weighted by molar-refractivity contribution is 0.00578. The van der Waals surface area contributed by atoms with Crippen LogP contribution in [0.3, 0.4) is 0 Å². The van der Waals surface area contributed by atoms with Crippen LogP contribution < -0.4 is 5.32 Å². The predicted octanol–water partition coefficient (Wildman–Crippen LogP) is 4.41. The van der Waals surface area contributed by atoms with Crippen LogP contribution in [0.15, 0.2) is 23.7 Å². The molecular formula is C22H31BN2O4. The highest BCUT2D eigenvalue weighted by molar-refractivity contribution is 6.56. The van der Waals surface area contributed by atoms with Gasteiger partial charge in [0.25, 0.3) is 0 Å². The Labute approximate surface area is 174 Å². The molecule has 7 heteroatoms. The van der Waals surface area contributed by atoms with E-state index in [0.29, 0.717) is 5.56 Å². The van der Waals surface area contributed by atoms with Crippen molar-refractivity contribution < 1.29 is 18.8 Å². The smallest absolute Gasteiger partial charge is 0.444 e. The highest BCUT2D eigenvalue weighted by atomic mass is 16.7. The van der Waals surface area contributed by atoms with Gasteiger partial charge < -0.3 is 19.4 Å². The molecule has 1 N–H and O–H groups in total. The fourth-order valence-electron chi connectivity index (χ4n) is 2.79. The fraction of sp³-hybridized carbons (Fsp3) is 0.545. The topological polar surface area (TPSA) is 80.6 Å². The van der Waals surface area contributed by atoms with Gasteiger partial charge in [-0.2, -0.15) is 5.26 Å². The molecule has 156 valence electrons. The van der Waals surface area contributed by atoms with Gasteiger partial charge in [0.05, 0.1) is 22.8 Å². The number of carbonyl (C=O) groups is 1. The van der Waals surface area contributed by atoms with Gasteiger partial charge in [-0.3, -0.25) is 0 Å². The molecular weight excluding hydrogens is 367 g/mol. The van der Waals surface area contributed by atoms with E-state index >= 15 is 0 Å². The molecule has 1 aliphatic heterocycles. The largest absolute Gasteiger partial charge is 0.492 e. The molecule has 6 nitrogen and oxygen atoms in total. The first-order valence-electron chi connectivity index (χ1n) is 9.78. The molecule has 1 saturated heterocycles. The third-order valence-electron chi connectivity index (χ3n) is 5.13. The van der Waals surface area contributed by atoms with E-state index in [1.54, 1.807) is 6.07 Å². The van der Waals surface area contributed by atoms with E-state index < -0.39 is 30.0 Å². The summed E-state index contributed by atoms with van der Waals surface area (Å²) in [6.45, 7) is 15.5. The number of aryl methyl sites for hydroxylation is 1. The number of ether oxygens (including phenoxy) is 1. The Morgan fingerprint density at radius 1 is 1.24 bits per heavy atom. The lowest BCUT2D eigenvalue weighted by Crippen LogP contribution is -2.41. The zero-order valence-electron chi connectivity index (χ0n) is 18.7. The van der Waals surface area contributed by atoms with Gasteiger partial charge >= 0.3 is 13.2 Å². The third kappa shape index (κ3) is 5.85. The molecule has 0 atom stereocenters. The lowest BCUT2D eigenvalue weighted by Gasteiger charge is -2.32. The van der Waals surface area contributed by atoms with E-state index in [1.165, 1.54) is 0 Å². The Morgan fingerprint density at radius 3 is 2.31 bits per heavy atom. The molecule has 0 unspecified atom stereocenters. The van der Waals surface area contributed by atoms with Crippen LogP contribution in [0.1, 0.15) is 65.2 Å². The first-order valence-corrected chi connectivity index (χ1v) is 9.78. The Bertz CT molecular complexity index is 831. The van der Waals surface area contributed by atoms with E-state index in [0.717, 1.165) is 16.6 Å². The molecule has 0 bridgehead atoms. The second-order valence-electron chi connectivity index (χ2n) is 9.35. The Morgan fingerprint density at radius 2 is 1.83 bits per heavy atom. The van der Waals surface area contributed by atoms with Crippen molar-refractivity contribution in [2.24, 2.45) is 0 Å². The van der Waals surface area contributed by atoms with E-state index in [9.17, 15) is 4.79 Å². The normalized spacial score (nSPS) is 18.3. The van der Waals surface area contributed by atoms with Gasteiger partial charge in [0.15, 0.2) is 0 Å². The second-order valence-corrected chi connectivity index (χ2v) is 9.35. The first kappa shape index (κ1) is 23.0. The Balaban J connectivity index is 2.31. The van der Waals surface area contributed by atoms with Crippen LogP contribution in [0.4, 0.5) is 4.79 Å². The van der Waals surface area contributed by atoms with Crippen molar-refractivity contribution in [2.45, 2.75) is 72.2 Å². The number of nitrogens with zero attached hydrogens (tertiary/aromatic N) is 1. The standard InChI is InChI=1S/C22H31BN2O4/c1-15-11-16(13-24)9-10-17(15)12-18(14-25-19(26)27-20(2,3)4)23-28-21(5,6)22(7,8)29-23/h9-12H,14H2,1-8H3,(H,25,26). The summed E-state index contributed by atoms with van der Waals surface area (Å²) >= 11 is 0. The van der Waals surface area contributed by atoms with Gasteiger partial charge in [-0.25, -0.2) is 4.79 Å². The third-order valence-corrected chi connectivity index (χ3v) is 5.13. The highest BCUT2D eigenvalue weighted by Crippen LogP contribution is 2.38. The minimum absolute atomic E-state index is 0.213. The van der Waals surface area contributed by atoms with Gasteiger partial charge in [0.1, 0.15) is 5.60 Å². The minimum Gasteiger partial charge on any atom is -0.444 e. The van der Waals surface area contributed by atoms with Gasteiger partial charge in [-0.05, 0) is 84.1 Å². The number of benzene rings is 1. The second kappa shape index (κ2) is 8.21. The van der Waals surface area contributed by atoms with E-state index in [2.05, 4.69) is 11.4 Å². The summed E-state index contributed by atoms with van der Waals surface area (Å²) < 4.78 is 17.7. The van der Waals surface area contributed by atoms with Crippen molar-refractivity contribution in [3.05, 3.63) is 40.4 Å². The van der Waals surface area contributed by atoms with Crippen LogP contribution in [-0.4, -0.2) is 36.6 Å². The molecule has 1 heterocycles. The number of hydrogen-bond donors (Lipinski definition) is 1. The molecule has 0 saturated carbocycles. The van der Waals surface area contributed by atoms with Gasteiger partial charge in [-0.1, -0.05) is 12.1 Å². The van der Waals surface area contributed by atoms with Gasteiger partial charge in [0.2, 0.25) is 0 Å². The number of carbonyl (C=O) groups excluding carboxylic acids is 1. The Hall–Kier alpha value is -2.30. The molecule has 0 aromatic heterocycles. The summed E-state index contributed by atoms with van der Waals surface area (Å²) in [5.41, 5.74) is 1.67. The van der Waals surface area contributed by atoms with Crippen molar-refractivity contribution in [2.75, 3.05) is 6.54 Å². The van der Waals surface area contributed by atoms with Crippen LogP contribution in [0, 0.1) is 18.3 Å². The zero-order chi connectivity index (χ0) is 22.0. The quantitative estimate of drug-likeness (QED) is 0.760. The monoisotopic (exact) mass is 398 g/mol. The predicted molar refractivity (Wildman–Crippen MR) is 114 cm³/mol. The molecule has 1 amide bonds. The first-order chi connectivity index (χ1) is 13.2. The van der Waals surface area contributed by atoms with Crippen LogP contribution in [0.2, 0.25) is 0 Å². The highest BCUT2D eigenvalue weighted by Gasteiger charge is 2.52. The summed E-state index contributed by atoms with van der Waals surface area (Å²) in [5, 5.41) is 11.9. The van der Waals surface area contributed by atoms with Gasteiger partial charge in [-0.15, -0.1) is 0 Å². The maximum absolute atomic E-state index is 12.2. The fourth-order valence-corrected chi connectivity index (χ4v) is 2.79. The van der Waals surface area contributed by atoms with Crippen LogP contribution >= 0.6 is 0 Å². The maximum atomic E-state index is 12.2. The van der Waals surface area contributed by atoms with Gasteiger partial charge in [0, 0.05) is 6.54 Å². The average Bonchev–Trinajstić information content (AvgIpc) is 2.78. The van der Waals surface area contributed by atoms with Crippen molar-refractivity contribution in [1.29, 1.82) is 5.26 Å². The van der Waals surface area contributed by atoms with Crippen LogP contribution in [-0.2, 0) is 14.0 Å². The molecule has 0 radical (unpaired) electrons. The molecule has 1 aromatic rings. The number of rotatable bonds is 4. The average molecular weight is 398 g/mol. The summed E-state index contributed by atoms with van der Waals surface area (Å²) in [5.74, 6) is 0. The Kier molecular flexibility index (Phi) is 6.51. The van der Waals surface area contributed by atoms with Crippen molar-refractivity contribution in [1.82, 2.24) is 5.32 Å². The van der Waals surface area contributed by atoms with Crippen molar-refractivity contribution in [3.8, 4) is 6.07 Å². The number of alkyl carbamates (subject to hydrolysis) is 1. The lowest BCUT2D eigenvalue weighted by atomic mass is 9.76. The van der Waals surface area contributed by atoms with Crippen LogP contribution in [0.5, 0.6) is 0 Å². The SMILES string of the molecule is Cc1cc(C#N)ccc1C=C(CNC(=O)OC(C)(C)C)B1OC(C)(C)C(C)(C)O1. The van der Waals surface area contributed by atoms with E-state index in [1.807, 2.05) is 73.6 Å². The summed E-state index contributed by atoms with van der Waals surface area (Å²) in [7, 11) is -0.606. The van der Waals surface area contributed by atoms with E-state index in [-0.39, 0.29) is 6.54 Å². The summed E-state index contributed by atoms with van der Waals surface area (Å²) in [4.78, 5) is 12.2. The number of hydrogen-bond acceptors (Lipinski definition) is 5. The summed E-state index contributed by atoms with van der Waals surface area (Å²) in [6.07, 6.45) is 1.44. The van der Waals surface area contributed by atoms with Crippen LogP contribution in [0.25, 0.3) is 6.08 Å². The molecule has 0 aliphatic carbocycles. The van der Waals surface area contributed by atoms with E-state index in [4.69, 9.17) is 19.3 Å². The molecule has 1 fully saturated rings. The van der Waals surface area contributed by atoms with Crippen molar-refractivity contribution >= 4 is 19.3 Å².